The van der Waals surface area contributed by atoms with Crippen molar-refractivity contribution in [3.8, 4) is 0 Å². The molecule has 2 heterocycles. The first-order valence-corrected chi connectivity index (χ1v) is 12.6. The number of nitrogens with zero attached hydrogens (tertiary/aromatic N) is 3. The van der Waals surface area contributed by atoms with Crippen molar-refractivity contribution in [2.75, 3.05) is 18.4 Å². The SMILES string of the molecule is Cc1cccc(C)c1NC(=O)[C@@H]1CCCN(Cc2nc3ccccc3n2Cc2ccc(Cl)cc2)C1. The third kappa shape index (κ3) is 5.26. The number of nitrogens with one attached hydrogen (secondary N) is 1. The molecule has 6 heteroatoms. The predicted octanol–water partition coefficient (Wildman–Crippen LogP) is 6.21. The Kier molecular flexibility index (Phi) is 6.89. The number of aryl methyl sites for hydroxylation is 2. The molecule has 1 fully saturated rings. The molecule has 4 aromatic rings. The fraction of sp³-hybridized carbons (Fsp3) is 0.310. The summed E-state index contributed by atoms with van der Waals surface area (Å²) in [7, 11) is 0. The minimum Gasteiger partial charge on any atom is -0.325 e. The van der Waals surface area contributed by atoms with Crippen molar-refractivity contribution >= 4 is 34.2 Å². The summed E-state index contributed by atoms with van der Waals surface area (Å²) in [5.74, 6) is 1.11. The Labute approximate surface area is 211 Å². The maximum Gasteiger partial charge on any atom is 0.228 e. The molecule has 0 spiro atoms. The van der Waals surface area contributed by atoms with Gasteiger partial charge < -0.3 is 9.88 Å². The van der Waals surface area contributed by atoms with Crippen LogP contribution >= 0.6 is 11.6 Å². The summed E-state index contributed by atoms with van der Waals surface area (Å²) in [5, 5.41) is 3.94. The van der Waals surface area contributed by atoms with E-state index in [-0.39, 0.29) is 11.8 Å². The molecule has 0 radical (unpaired) electrons. The van der Waals surface area contributed by atoms with E-state index in [0.29, 0.717) is 0 Å². The van der Waals surface area contributed by atoms with Crippen LogP contribution in [-0.4, -0.2) is 33.4 Å². The first-order chi connectivity index (χ1) is 17.0. The summed E-state index contributed by atoms with van der Waals surface area (Å²) in [4.78, 5) is 20.5. The second kappa shape index (κ2) is 10.2. The van der Waals surface area contributed by atoms with Crippen LogP contribution in [-0.2, 0) is 17.9 Å². The smallest absolute Gasteiger partial charge is 0.228 e. The van der Waals surface area contributed by atoms with Gasteiger partial charge in [-0.3, -0.25) is 9.69 Å². The Bertz CT molecular complexity index is 1320. The van der Waals surface area contributed by atoms with Gasteiger partial charge in [0.2, 0.25) is 5.91 Å². The number of fused-ring (bicyclic) bond motifs is 1. The number of anilines is 1. The van der Waals surface area contributed by atoms with Gasteiger partial charge in [0.15, 0.2) is 0 Å². The second-order valence-corrected chi connectivity index (χ2v) is 10.00. The molecule has 5 rings (SSSR count). The molecule has 3 aromatic carbocycles. The summed E-state index contributed by atoms with van der Waals surface area (Å²) < 4.78 is 2.29. The normalized spacial score (nSPS) is 16.5. The van der Waals surface area contributed by atoms with Crippen molar-refractivity contribution in [3.05, 3.63) is 94.3 Å². The minimum absolute atomic E-state index is 0.0307. The zero-order chi connectivity index (χ0) is 24.4. The van der Waals surface area contributed by atoms with Gasteiger partial charge in [0.1, 0.15) is 5.82 Å². The van der Waals surface area contributed by atoms with Gasteiger partial charge >= 0.3 is 0 Å². The van der Waals surface area contributed by atoms with Crippen LogP contribution in [0.5, 0.6) is 0 Å². The maximum absolute atomic E-state index is 13.2. The molecule has 1 amide bonds. The number of rotatable bonds is 6. The van der Waals surface area contributed by atoms with E-state index in [1.165, 1.54) is 5.56 Å². The molecule has 1 N–H and O–H groups in total. The highest BCUT2D eigenvalue weighted by Crippen LogP contribution is 2.25. The largest absolute Gasteiger partial charge is 0.325 e. The molecule has 0 aliphatic carbocycles. The van der Waals surface area contributed by atoms with Gasteiger partial charge in [0, 0.05) is 23.8 Å². The van der Waals surface area contributed by atoms with Crippen molar-refractivity contribution in [2.45, 2.75) is 39.8 Å². The maximum atomic E-state index is 13.2. The van der Waals surface area contributed by atoms with E-state index in [1.807, 2.05) is 50.2 Å². The molecule has 0 unspecified atom stereocenters. The van der Waals surface area contributed by atoms with E-state index < -0.39 is 0 Å². The summed E-state index contributed by atoms with van der Waals surface area (Å²) >= 11 is 6.10. The number of benzene rings is 3. The lowest BCUT2D eigenvalue weighted by molar-refractivity contribution is -0.121. The van der Waals surface area contributed by atoms with Crippen LogP contribution in [0.4, 0.5) is 5.69 Å². The summed E-state index contributed by atoms with van der Waals surface area (Å²) in [6.07, 6.45) is 1.91. The number of hydrogen-bond acceptors (Lipinski definition) is 3. The van der Waals surface area contributed by atoms with Crippen LogP contribution in [0.3, 0.4) is 0 Å². The van der Waals surface area contributed by atoms with Crippen LogP contribution in [0, 0.1) is 19.8 Å². The van der Waals surface area contributed by atoms with Gasteiger partial charge in [0.25, 0.3) is 0 Å². The molecule has 1 aliphatic heterocycles. The lowest BCUT2D eigenvalue weighted by atomic mass is 9.96. The molecular formula is C29H31ClN4O. The number of halogens is 1. The molecule has 180 valence electrons. The van der Waals surface area contributed by atoms with E-state index in [1.54, 1.807) is 0 Å². The second-order valence-electron chi connectivity index (χ2n) is 9.56. The van der Waals surface area contributed by atoms with E-state index in [4.69, 9.17) is 16.6 Å². The van der Waals surface area contributed by atoms with Gasteiger partial charge in [-0.15, -0.1) is 0 Å². The van der Waals surface area contributed by atoms with Crippen LogP contribution in [0.2, 0.25) is 5.02 Å². The topological polar surface area (TPSA) is 50.2 Å². The van der Waals surface area contributed by atoms with E-state index in [0.717, 1.165) is 77.7 Å². The van der Waals surface area contributed by atoms with E-state index in [2.05, 4.69) is 45.1 Å². The summed E-state index contributed by atoms with van der Waals surface area (Å²) in [6, 6.07) is 22.4. The number of amides is 1. The Hall–Kier alpha value is -3.15. The number of piperidine rings is 1. The molecule has 0 saturated carbocycles. The number of aromatic nitrogens is 2. The summed E-state index contributed by atoms with van der Waals surface area (Å²) in [6.45, 7) is 7.24. The van der Waals surface area contributed by atoms with Gasteiger partial charge in [0.05, 0.1) is 23.5 Å². The van der Waals surface area contributed by atoms with Gasteiger partial charge in [-0.25, -0.2) is 4.98 Å². The van der Waals surface area contributed by atoms with Crippen molar-refractivity contribution in [1.82, 2.24) is 14.5 Å². The fourth-order valence-corrected chi connectivity index (χ4v) is 5.17. The Morgan fingerprint density at radius 3 is 2.51 bits per heavy atom. The summed E-state index contributed by atoms with van der Waals surface area (Å²) in [5.41, 5.74) is 6.45. The number of likely N-dealkylation sites (tertiary alicyclic amines) is 1. The lowest BCUT2D eigenvalue weighted by Crippen LogP contribution is -2.40. The predicted molar refractivity (Wildman–Crippen MR) is 143 cm³/mol. The van der Waals surface area contributed by atoms with Crippen molar-refractivity contribution in [3.63, 3.8) is 0 Å². The number of hydrogen-bond donors (Lipinski definition) is 1. The molecule has 1 saturated heterocycles. The van der Waals surface area contributed by atoms with Crippen molar-refractivity contribution in [1.29, 1.82) is 0 Å². The Morgan fingerprint density at radius 1 is 1.00 bits per heavy atom. The first kappa shape index (κ1) is 23.6. The zero-order valence-electron chi connectivity index (χ0n) is 20.3. The van der Waals surface area contributed by atoms with Gasteiger partial charge in [-0.1, -0.05) is 54.1 Å². The van der Waals surface area contributed by atoms with Crippen LogP contribution in [0.15, 0.2) is 66.7 Å². The number of imidazole rings is 1. The average molecular weight is 487 g/mol. The van der Waals surface area contributed by atoms with Gasteiger partial charge in [-0.05, 0) is 74.2 Å². The number of para-hydroxylation sites is 3. The van der Waals surface area contributed by atoms with Crippen molar-refractivity contribution < 1.29 is 4.79 Å². The van der Waals surface area contributed by atoms with E-state index in [9.17, 15) is 4.79 Å². The monoisotopic (exact) mass is 486 g/mol. The number of carbonyl (C=O) groups is 1. The standard InChI is InChI=1S/C29H31ClN4O/c1-20-7-5-8-21(2)28(20)32-29(35)23-9-6-16-33(18-23)19-27-31-25-10-3-4-11-26(25)34(27)17-22-12-14-24(30)15-13-22/h3-5,7-8,10-15,23H,6,9,16-19H2,1-2H3,(H,32,35)/t23-/m1/s1. The van der Waals surface area contributed by atoms with Crippen molar-refractivity contribution in [2.24, 2.45) is 5.92 Å². The third-order valence-corrected chi connectivity index (χ3v) is 7.21. The highest BCUT2D eigenvalue weighted by Gasteiger charge is 2.27. The van der Waals surface area contributed by atoms with Crippen LogP contribution in [0.25, 0.3) is 11.0 Å². The minimum atomic E-state index is -0.0307. The Balaban J connectivity index is 1.34. The Morgan fingerprint density at radius 2 is 1.74 bits per heavy atom. The molecule has 1 aliphatic rings. The number of carbonyl (C=O) groups excluding carboxylic acids is 1. The average Bonchev–Trinajstić information content (AvgIpc) is 3.19. The third-order valence-electron chi connectivity index (χ3n) is 6.96. The molecule has 1 aromatic heterocycles. The molecular weight excluding hydrogens is 456 g/mol. The highest BCUT2D eigenvalue weighted by atomic mass is 35.5. The quantitative estimate of drug-likeness (QED) is 0.352. The molecule has 35 heavy (non-hydrogen) atoms. The van der Waals surface area contributed by atoms with E-state index >= 15 is 0 Å². The van der Waals surface area contributed by atoms with Crippen LogP contribution in [0.1, 0.15) is 35.4 Å². The van der Waals surface area contributed by atoms with Crippen LogP contribution < -0.4 is 5.32 Å². The molecule has 1 atom stereocenters. The lowest BCUT2D eigenvalue weighted by Gasteiger charge is -2.32. The first-order valence-electron chi connectivity index (χ1n) is 12.3. The fourth-order valence-electron chi connectivity index (χ4n) is 5.04. The van der Waals surface area contributed by atoms with Gasteiger partial charge in [-0.2, -0.15) is 0 Å². The molecule has 0 bridgehead atoms. The highest BCUT2D eigenvalue weighted by molar-refractivity contribution is 6.30. The molecule has 5 nitrogen and oxygen atoms in total. The zero-order valence-corrected chi connectivity index (χ0v) is 21.1.